The molecule has 1 aliphatic rings. The third-order valence-corrected chi connectivity index (χ3v) is 3.54. The smallest absolute Gasteiger partial charge is 0.254 e. The fraction of sp³-hybridized carbons (Fsp3) is 0.467. The quantitative estimate of drug-likeness (QED) is 0.812. The van der Waals surface area contributed by atoms with Crippen LogP contribution in [-0.2, 0) is 4.79 Å². The zero-order valence-electron chi connectivity index (χ0n) is 11.7. The summed E-state index contributed by atoms with van der Waals surface area (Å²) >= 11 is 0. The average Bonchev–Trinajstić information content (AvgIpc) is 2.41. The van der Waals surface area contributed by atoms with Crippen molar-refractivity contribution in [3.8, 4) is 0 Å². The number of carbonyl (C=O) groups is 2. The van der Waals surface area contributed by atoms with E-state index in [2.05, 4.69) is 13.8 Å². The summed E-state index contributed by atoms with van der Waals surface area (Å²) in [7, 11) is 1.77. The first kappa shape index (κ1) is 13.6. The molecule has 0 unspecified atom stereocenters. The van der Waals surface area contributed by atoms with E-state index in [4.69, 9.17) is 0 Å². The zero-order chi connectivity index (χ0) is 14.0. The molecule has 0 N–H and O–H groups in total. The second kappa shape index (κ2) is 5.43. The fourth-order valence-corrected chi connectivity index (χ4v) is 2.15. The van der Waals surface area contributed by atoms with Gasteiger partial charge in [-0.05, 0) is 23.6 Å². The third-order valence-electron chi connectivity index (χ3n) is 3.54. The molecule has 4 heteroatoms. The second-order valence-electron chi connectivity index (χ2n) is 5.32. The number of rotatable bonds is 2. The van der Waals surface area contributed by atoms with Gasteiger partial charge in [0.2, 0.25) is 5.91 Å². The SMILES string of the molecule is CC(C)c1cccc(C(=O)N2CCN(C)C(=O)C2)c1. The van der Waals surface area contributed by atoms with Crippen molar-refractivity contribution in [3.05, 3.63) is 35.4 Å². The molecule has 0 bridgehead atoms. The summed E-state index contributed by atoms with van der Waals surface area (Å²) in [4.78, 5) is 27.3. The van der Waals surface area contributed by atoms with E-state index < -0.39 is 0 Å². The first-order valence-electron chi connectivity index (χ1n) is 6.62. The lowest BCUT2D eigenvalue weighted by atomic mass is 10.0. The molecule has 0 saturated carbocycles. The van der Waals surface area contributed by atoms with Gasteiger partial charge in [0, 0.05) is 25.7 Å². The van der Waals surface area contributed by atoms with Crippen molar-refractivity contribution in [2.24, 2.45) is 0 Å². The zero-order valence-corrected chi connectivity index (χ0v) is 11.7. The molecular formula is C15H20N2O2. The van der Waals surface area contributed by atoms with Gasteiger partial charge in [0.1, 0.15) is 6.54 Å². The van der Waals surface area contributed by atoms with Gasteiger partial charge in [-0.1, -0.05) is 26.0 Å². The van der Waals surface area contributed by atoms with Crippen LogP contribution in [0.1, 0.15) is 35.7 Å². The Hall–Kier alpha value is -1.84. The largest absolute Gasteiger partial charge is 0.342 e. The normalized spacial score (nSPS) is 16.1. The fourth-order valence-electron chi connectivity index (χ4n) is 2.15. The lowest BCUT2D eigenvalue weighted by Crippen LogP contribution is -2.50. The average molecular weight is 260 g/mol. The summed E-state index contributed by atoms with van der Waals surface area (Å²) in [6.07, 6.45) is 0. The number of nitrogens with zero attached hydrogens (tertiary/aromatic N) is 2. The van der Waals surface area contributed by atoms with Gasteiger partial charge in [0.25, 0.3) is 5.91 Å². The molecule has 0 atom stereocenters. The highest BCUT2D eigenvalue weighted by atomic mass is 16.2. The lowest BCUT2D eigenvalue weighted by Gasteiger charge is -2.32. The molecule has 1 fully saturated rings. The summed E-state index contributed by atoms with van der Waals surface area (Å²) in [6, 6.07) is 7.67. The summed E-state index contributed by atoms with van der Waals surface area (Å²) in [5, 5.41) is 0. The molecule has 1 heterocycles. The van der Waals surface area contributed by atoms with Crippen LogP contribution in [0.3, 0.4) is 0 Å². The number of carbonyl (C=O) groups excluding carboxylic acids is 2. The van der Waals surface area contributed by atoms with Gasteiger partial charge in [-0.25, -0.2) is 0 Å². The van der Waals surface area contributed by atoms with Crippen LogP contribution in [0.15, 0.2) is 24.3 Å². The monoisotopic (exact) mass is 260 g/mol. The van der Waals surface area contributed by atoms with Crippen LogP contribution in [0.25, 0.3) is 0 Å². The molecule has 1 aromatic carbocycles. The van der Waals surface area contributed by atoms with E-state index in [0.717, 1.165) is 5.56 Å². The Bertz CT molecular complexity index is 497. The van der Waals surface area contributed by atoms with Crippen LogP contribution >= 0.6 is 0 Å². The third kappa shape index (κ3) is 2.95. The Balaban J connectivity index is 2.16. The summed E-state index contributed by atoms with van der Waals surface area (Å²) in [5.41, 5.74) is 1.81. The number of hydrogen-bond donors (Lipinski definition) is 0. The van der Waals surface area contributed by atoms with E-state index in [-0.39, 0.29) is 18.4 Å². The highest BCUT2D eigenvalue weighted by molar-refractivity contribution is 5.97. The molecule has 2 amide bonds. The minimum atomic E-state index is -0.0519. The first-order valence-corrected chi connectivity index (χ1v) is 6.62. The molecule has 102 valence electrons. The molecule has 4 nitrogen and oxygen atoms in total. The maximum atomic E-state index is 12.4. The minimum absolute atomic E-state index is 0.000357. The number of hydrogen-bond acceptors (Lipinski definition) is 2. The van der Waals surface area contributed by atoms with E-state index in [9.17, 15) is 9.59 Å². The van der Waals surface area contributed by atoms with Crippen LogP contribution in [-0.4, -0.2) is 48.3 Å². The van der Waals surface area contributed by atoms with Crippen LogP contribution < -0.4 is 0 Å². The molecule has 1 aliphatic heterocycles. The Morgan fingerprint density at radius 2 is 2.00 bits per heavy atom. The Kier molecular flexibility index (Phi) is 3.88. The summed E-state index contributed by atoms with van der Waals surface area (Å²) in [5.74, 6) is 0.338. The first-order chi connectivity index (χ1) is 8.99. The number of piperazine rings is 1. The van der Waals surface area contributed by atoms with E-state index in [0.29, 0.717) is 24.6 Å². The van der Waals surface area contributed by atoms with Gasteiger partial charge >= 0.3 is 0 Å². The molecule has 19 heavy (non-hydrogen) atoms. The molecule has 0 spiro atoms. The predicted molar refractivity (Wildman–Crippen MR) is 74.1 cm³/mol. The summed E-state index contributed by atoms with van der Waals surface area (Å²) < 4.78 is 0. The Morgan fingerprint density at radius 1 is 1.26 bits per heavy atom. The molecular weight excluding hydrogens is 240 g/mol. The molecule has 2 rings (SSSR count). The lowest BCUT2D eigenvalue weighted by molar-refractivity contribution is -0.133. The van der Waals surface area contributed by atoms with Crippen molar-refractivity contribution >= 4 is 11.8 Å². The van der Waals surface area contributed by atoms with Gasteiger partial charge in [0.15, 0.2) is 0 Å². The van der Waals surface area contributed by atoms with Crippen LogP contribution in [0.2, 0.25) is 0 Å². The molecule has 0 aliphatic carbocycles. The minimum Gasteiger partial charge on any atom is -0.342 e. The van der Waals surface area contributed by atoms with Gasteiger partial charge in [-0.3, -0.25) is 9.59 Å². The van der Waals surface area contributed by atoms with Gasteiger partial charge in [-0.15, -0.1) is 0 Å². The van der Waals surface area contributed by atoms with Crippen molar-refractivity contribution in [1.29, 1.82) is 0 Å². The van der Waals surface area contributed by atoms with Gasteiger partial charge < -0.3 is 9.80 Å². The highest BCUT2D eigenvalue weighted by Crippen LogP contribution is 2.17. The second-order valence-corrected chi connectivity index (χ2v) is 5.32. The number of likely N-dealkylation sites (N-methyl/N-ethyl adjacent to an activating group) is 1. The van der Waals surface area contributed by atoms with E-state index >= 15 is 0 Å². The number of amides is 2. The Labute approximate surface area is 114 Å². The topological polar surface area (TPSA) is 40.6 Å². The molecule has 1 aromatic rings. The highest BCUT2D eigenvalue weighted by Gasteiger charge is 2.25. The van der Waals surface area contributed by atoms with E-state index in [1.54, 1.807) is 16.8 Å². The van der Waals surface area contributed by atoms with Gasteiger partial charge in [-0.2, -0.15) is 0 Å². The van der Waals surface area contributed by atoms with Crippen LogP contribution in [0.4, 0.5) is 0 Å². The number of benzene rings is 1. The molecule has 0 radical (unpaired) electrons. The van der Waals surface area contributed by atoms with E-state index in [1.165, 1.54) is 0 Å². The molecule has 0 aromatic heterocycles. The van der Waals surface area contributed by atoms with Crippen LogP contribution in [0.5, 0.6) is 0 Å². The standard InChI is InChI=1S/C15H20N2O2/c1-11(2)12-5-4-6-13(9-12)15(19)17-8-7-16(3)14(18)10-17/h4-6,9,11H,7-8,10H2,1-3H3. The summed E-state index contributed by atoms with van der Waals surface area (Å²) in [6.45, 7) is 5.59. The van der Waals surface area contributed by atoms with Crippen molar-refractivity contribution in [2.75, 3.05) is 26.7 Å². The van der Waals surface area contributed by atoms with Crippen molar-refractivity contribution in [1.82, 2.24) is 9.80 Å². The predicted octanol–water partition coefficient (Wildman–Crippen LogP) is 1.72. The maximum Gasteiger partial charge on any atom is 0.254 e. The van der Waals surface area contributed by atoms with Crippen molar-refractivity contribution in [2.45, 2.75) is 19.8 Å². The van der Waals surface area contributed by atoms with Gasteiger partial charge in [0.05, 0.1) is 0 Å². The Morgan fingerprint density at radius 3 is 2.63 bits per heavy atom. The van der Waals surface area contributed by atoms with Crippen LogP contribution in [0, 0.1) is 0 Å². The molecule has 1 saturated heterocycles. The van der Waals surface area contributed by atoms with Crippen molar-refractivity contribution < 1.29 is 9.59 Å². The van der Waals surface area contributed by atoms with Crippen molar-refractivity contribution in [3.63, 3.8) is 0 Å². The van der Waals surface area contributed by atoms with E-state index in [1.807, 2.05) is 24.3 Å². The maximum absolute atomic E-state index is 12.4.